The van der Waals surface area contributed by atoms with Crippen LogP contribution in [0.5, 0.6) is 0 Å². The first-order valence-corrected chi connectivity index (χ1v) is 12.7. The van der Waals surface area contributed by atoms with Crippen molar-refractivity contribution in [2.75, 3.05) is 42.9 Å². The fraction of sp³-hybridized carbons (Fsp3) is 0.462. The van der Waals surface area contributed by atoms with Crippen molar-refractivity contribution in [1.82, 2.24) is 10.2 Å². The number of anilines is 2. The zero-order valence-corrected chi connectivity index (χ0v) is 22.0. The Kier molecular flexibility index (Phi) is 9.97. The third-order valence-corrected chi connectivity index (χ3v) is 6.64. The van der Waals surface area contributed by atoms with Gasteiger partial charge in [-0.3, -0.25) is 14.5 Å². The van der Waals surface area contributed by atoms with E-state index in [1.54, 1.807) is 29.2 Å². The van der Waals surface area contributed by atoms with Gasteiger partial charge < -0.3 is 21.3 Å². The SMILES string of the molecule is CC(C)[C@H](NCc1ccc(C(=O)Nc2ccc(Cl)cc2N2CCN(CCC(F)(F)F)CC2)c(F)c1)C(N)=O. The number of piperazine rings is 1. The van der Waals surface area contributed by atoms with Crippen LogP contribution < -0.4 is 21.3 Å². The maximum atomic E-state index is 14.9. The summed E-state index contributed by atoms with van der Waals surface area (Å²) >= 11 is 6.18. The van der Waals surface area contributed by atoms with Crippen LogP contribution in [0.1, 0.15) is 36.2 Å². The van der Waals surface area contributed by atoms with Crippen LogP contribution in [0.2, 0.25) is 5.02 Å². The van der Waals surface area contributed by atoms with Crippen molar-refractivity contribution in [3.05, 3.63) is 58.4 Å². The van der Waals surface area contributed by atoms with E-state index >= 15 is 0 Å². The van der Waals surface area contributed by atoms with Gasteiger partial charge in [-0.2, -0.15) is 13.2 Å². The predicted octanol–water partition coefficient (Wildman–Crippen LogP) is 4.41. The number of nitrogens with one attached hydrogen (secondary N) is 2. The van der Waals surface area contributed by atoms with Crippen molar-refractivity contribution in [2.24, 2.45) is 11.7 Å². The molecule has 38 heavy (non-hydrogen) atoms. The van der Waals surface area contributed by atoms with Gasteiger partial charge in [0, 0.05) is 44.3 Å². The van der Waals surface area contributed by atoms with Gasteiger partial charge in [0.05, 0.1) is 29.4 Å². The highest BCUT2D eigenvalue weighted by atomic mass is 35.5. The van der Waals surface area contributed by atoms with Crippen molar-refractivity contribution >= 4 is 34.8 Å². The Labute approximate surface area is 224 Å². The van der Waals surface area contributed by atoms with Gasteiger partial charge in [0.25, 0.3) is 5.91 Å². The Morgan fingerprint density at radius 1 is 1.08 bits per heavy atom. The maximum absolute atomic E-state index is 14.9. The van der Waals surface area contributed by atoms with Crippen LogP contribution in [0.25, 0.3) is 0 Å². The number of rotatable bonds is 10. The van der Waals surface area contributed by atoms with Crippen molar-refractivity contribution in [3.8, 4) is 0 Å². The minimum atomic E-state index is -4.20. The summed E-state index contributed by atoms with van der Waals surface area (Å²) in [7, 11) is 0. The van der Waals surface area contributed by atoms with Crippen LogP contribution in [0.3, 0.4) is 0 Å². The van der Waals surface area contributed by atoms with Crippen molar-refractivity contribution < 1.29 is 27.2 Å². The molecule has 1 aliphatic heterocycles. The number of nitrogens with two attached hydrogens (primary N) is 1. The van der Waals surface area contributed by atoms with Crippen LogP contribution in [0.4, 0.5) is 28.9 Å². The first-order chi connectivity index (χ1) is 17.8. The second-order valence-electron chi connectivity index (χ2n) is 9.63. The Hall–Kier alpha value is -2.89. The fourth-order valence-corrected chi connectivity index (χ4v) is 4.47. The third kappa shape index (κ3) is 8.31. The third-order valence-electron chi connectivity index (χ3n) is 6.41. The minimum Gasteiger partial charge on any atom is -0.368 e. The van der Waals surface area contributed by atoms with Crippen LogP contribution >= 0.6 is 11.6 Å². The van der Waals surface area contributed by atoms with E-state index in [9.17, 15) is 27.2 Å². The molecular weight excluding hydrogens is 526 g/mol. The lowest BCUT2D eigenvalue weighted by atomic mass is 10.0. The summed E-state index contributed by atoms with van der Waals surface area (Å²) in [5, 5.41) is 6.16. The Morgan fingerprint density at radius 2 is 1.76 bits per heavy atom. The van der Waals surface area contributed by atoms with Gasteiger partial charge >= 0.3 is 6.18 Å². The monoisotopic (exact) mass is 557 g/mol. The number of benzene rings is 2. The molecule has 0 aromatic heterocycles. The summed E-state index contributed by atoms with van der Waals surface area (Å²) in [5.41, 5.74) is 6.79. The lowest BCUT2D eigenvalue weighted by molar-refractivity contribution is -0.138. The maximum Gasteiger partial charge on any atom is 0.390 e. The van der Waals surface area contributed by atoms with E-state index in [1.165, 1.54) is 12.1 Å². The molecule has 0 unspecified atom stereocenters. The second kappa shape index (κ2) is 12.8. The summed E-state index contributed by atoms with van der Waals surface area (Å²) in [4.78, 5) is 28.2. The Bertz CT molecular complexity index is 1140. The molecular formula is C26H32ClF4N5O2. The molecule has 0 spiro atoms. The molecule has 2 amide bonds. The molecule has 4 N–H and O–H groups in total. The number of carbonyl (C=O) groups excluding carboxylic acids is 2. The molecule has 7 nitrogen and oxygen atoms in total. The Morgan fingerprint density at radius 3 is 2.34 bits per heavy atom. The molecule has 12 heteroatoms. The predicted molar refractivity (Wildman–Crippen MR) is 140 cm³/mol. The number of nitrogens with zero attached hydrogens (tertiary/aromatic N) is 2. The van der Waals surface area contributed by atoms with E-state index in [4.69, 9.17) is 17.3 Å². The molecule has 1 fully saturated rings. The molecule has 3 rings (SSSR count). The van der Waals surface area contributed by atoms with Crippen LogP contribution in [0, 0.1) is 11.7 Å². The number of alkyl halides is 3. The number of halogens is 5. The molecule has 0 saturated carbocycles. The van der Waals surface area contributed by atoms with Gasteiger partial charge in [-0.25, -0.2) is 4.39 Å². The van der Waals surface area contributed by atoms with E-state index in [1.807, 2.05) is 18.7 Å². The van der Waals surface area contributed by atoms with E-state index < -0.39 is 36.3 Å². The quantitative estimate of drug-likeness (QED) is 0.377. The molecule has 2 aromatic rings. The van der Waals surface area contributed by atoms with Gasteiger partial charge in [-0.15, -0.1) is 0 Å². The smallest absolute Gasteiger partial charge is 0.368 e. The van der Waals surface area contributed by atoms with E-state index in [-0.39, 0.29) is 24.6 Å². The van der Waals surface area contributed by atoms with Gasteiger partial charge in [0.2, 0.25) is 5.91 Å². The lowest BCUT2D eigenvalue weighted by Crippen LogP contribution is -2.47. The van der Waals surface area contributed by atoms with Crippen LogP contribution in [0.15, 0.2) is 36.4 Å². The summed E-state index contributed by atoms with van der Waals surface area (Å²) in [6, 6.07) is 8.47. The molecule has 0 radical (unpaired) electrons. The van der Waals surface area contributed by atoms with Gasteiger partial charge in [-0.1, -0.05) is 31.5 Å². The van der Waals surface area contributed by atoms with E-state index in [0.717, 1.165) is 0 Å². The summed E-state index contributed by atoms with van der Waals surface area (Å²) < 4.78 is 52.5. The summed E-state index contributed by atoms with van der Waals surface area (Å²) in [6.45, 7) is 5.55. The average molecular weight is 558 g/mol. The number of carbonyl (C=O) groups is 2. The lowest BCUT2D eigenvalue weighted by Gasteiger charge is -2.37. The largest absolute Gasteiger partial charge is 0.390 e. The molecule has 208 valence electrons. The molecule has 1 atom stereocenters. The topological polar surface area (TPSA) is 90.7 Å². The molecule has 0 aliphatic carbocycles. The number of hydrogen-bond acceptors (Lipinski definition) is 5. The van der Waals surface area contributed by atoms with Gasteiger partial charge in [0.15, 0.2) is 0 Å². The highest BCUT2D eigenvalue weighted by molar-refractivity contribution is 6.31. The number of hydrogen-bond donors (Lipinski definition) is 3. The van der Waals surface area contributed by atoms with E-state index in [0.29, 0.717) is 48.1 Å². The van der Waals surface area contributed by atoms with Crippen LogP contribution in [-0.2, 0) is 11.3 Å². The Balaban J connectivity index is 1.67. The number of amides is 2. The molecule has 0 bridgehead atoms. The average Bonchev–Trinajstić information content (AvgIpc) is 2.83. The standard InChI is InChI=1S/C26H32ClF4N5O2/c1-16(2)23(24(32)37)33-15-17-3-5-19(20(28)13-17)25(38)34-21-6-4-18(27)14-22(21)36-11-9-35(10-12-36)8-7-26(29,30)31/h3-6,13-14,16,23,33H,7-12,15H2,1-2H3,(H2,32,37)(H,34,38)/t23-/m0/s1. The van der Waals surface area contributed by atoms with Crippen molar-refractivity contribution in [2.45, 2.75) is 39.0 Å². The first kappa shape index (κ1) is 29.7. The van der Waals surface area contributed by atoms with Gasteiger partial charge in [-0.05, 0) is 41.8 Å². The molecule has 1 saturated heterocycles. The fourth-order valence-electron chi connectivity index (χ4n) is 4.30. The van der Waals surface area contributed by atoms with Gasteiger partial charge in [0.1, 0.15) is 5.82 Å². The first-order valence-electron chi connectivity index (χ1n) is 12.3. The van der Waals surface area contributed by atoms with Crippen LogP contribution in [-0.4, -0.2) is 61.7 Å². The van der Waals surface area contributed by atoms with Crippen molar-refractivity contribution in [1.29, 1.82) is 0 Å². The highest BCUT2D eigenvalue weighted by Crippen LogP contribution is 2.31. The molecule has 2 aromatic carbocycles. The highest BCUT2D eigenvalue weighted by Gasteiger charge is 2.29. The number of primary amides is 1. The normalized spacial score (nSPS) is 15.5. The zero-order valence-electron chi connectivity index (χ0n) is 21.2. The minimum absolute atomic E-state index is 0.0427. The van der Waals surface area contributed by atoms with Crippen molar-refractivity contribution in [3.63, 3.8) is 0 Å². The molecule has 1 heterocycles. The summed E-state index contributed by atoms with van der Waals surface area (Å²) in [5.74, 6) is -1.93. The summed E-state index contributed by atoms with van der Waals surface area (Å²) in [6.07, 6.45) is -5.07. The molecule has 1 aliphatic rings. The second-order valence-corrected chi connectivity index (χ2v) is 10.1. The van der Waals surface area contributed by atoms with E-state index in [2.05, 4.69) is 10.6 Å². The zero-order chi connectivity index (χ0) is 28.0.